The number of fused-ring (bicyclic) bond motifs is 1. The van der Waals surface area contributed by atoms with Gasteiger partial charge in [-0.15, -0.1) is 0 Å². The van der Waals surface area contributed by atoms with Crippen molar-refractivity contribution in [3.05, 3.63) is 69.8 Å². The van der Waals surface area contributed by atoms with Gasteiger partial charge in [-0.1, -0.05) is 24.3 Å². The molecule has 0 aliphatic carbocycles. The normalized spacial score (nSPS) is 10.9. The SMILES string of the molecule is Cc1cccc(-n2c(C)nc3cccc(C)c3c2=O)c1. The van der Waals surface area contributed by atoms with E-state index in [0.717, 1.165) is 22.3 Å². The van der Waals surface area contributed by atoms with Gasteiger partial charge in [0.25, 0.3) is 5.56 Å². The van der Waals surface area contributed by atoms with E-state index in [1.165, 1.54) is 0 Å². The van der Waals surface area contributed by atoms with Gasteiger partial charge >= 0.3 is 0 Å². The van der Waals surface area contributed by atoms with Crippen LogP contribution in [-0.4, -0.2) is 9.55 Å². The summed E-state index contributed by atoms with van der Waals surface area (Å²) in [6, 6.07) is 13.7. The van der Waals surface area contributed by atoms with E-state index in [9.17, 15) is 4.79 Å². The molecule has 3 rings (SSSR count). The van der Waals surface area contributed by atoms with E-state index < -0.39 is 0 Å². The van der Waals surface area contributed by atoms with Gasteiger partial charge in [0.05, 0.1) is 16.6 Å². The first kappa shape index (κ1) is 12.6. The molecule has 0 saturated carbocycles. The molecule has 1 aromatic heterocycles. The molecule has 0 amide bonds. The number of hydrogen-bond donors (Lipinski definition) is 0. The van der Waals surface area contributed by atoms with Gasteiger partial charge < -0.3 is 0 Å². The van der Waals surface area contributed by atoms with Crippen molar-refractivity contribution in [2.75, 3.05) is 0 Å². The van der Waals surface area contributed by atoms with Gasteiger partial charge in [0.15, 0.2) is 0 Å². The van der Waals surface area contributed by atoms with Gasteiger partial charge in [0.1, 0.15) is 5.82 Å². The zero-order valence-corrected chi connectivity index (χ0v) is 11.8. The predicted octanol–water partition coefficient (Wildman–Crippen LogP) is 3.31. The Hall–Kier alpha value is -2.42. The summed E-state index contributed by atoms with van der Waals surface area (Å²) < 4.78 is 1.68. The van der Waals surface area contributed by atoms with Crippen LogP contribution < -0.4 is 5.56 Å². The van der Waals surface area contributed by atoms with Crippen LogP contribution in [0, 0.1) is 20.8 Å². The first-order valence-corrected chi connectivity index (χ1v) is 6.64. The topological polar surface area (TPSA) is 34.9 Å². The third-order valence-corrected chi connectivity index (χ3v) is 3.53. The van der Waals surface area contributed by atoms with Crippen molar-refractivity contribution in [2.45, 2.75) is 20.8 Å². The molecule has 0 aliphatic rings. The second-order valence-corrected chi connectivity index (χ2v) is 5.11. The van der Waals surface area contributed by atoms with Crippen LogP contribution in [0.3, 0.4) is 0 Å². The average molecular weight is 264 g/mol. The molecule has 0 spiro atoms. The number of aromatic nitrogens is 2. The van der Waals surface area contributed by atoms with Gasteiger partial charge in [-0.3, -0.25) is 9.36 Å². The van der Waals surface area contributed by atoms with Crippen molar-refractivity contribution in [2.24, 2.45) is 0 Å². The molecular weight excluding hydrogens is 248 g/mol. The van der Waals surface area contributed by atoms with Crippen LogP contribution in [0.2, 0.25) is 0 Å². The third-order valence-electron chi connectivity index (χ3n) is 3.53. The zero-order chi connectivity index (χ0) is 14.3. The molecule has 0 N–H and O–H groups in total. The number of benzene rings is 2. The summed E-state index contributed by atoms with van der Waals surface area (Å²) >= 11 is 0. The van der Waals surface area contributed by atoms with Crippen LogP contribution in [0.25, 0.3) is 16.6 Å². The van der Waals surface area contributed by atoms with E-state index >= 15 is 0 Å². The highest BCUT2D eigenvalue weighted by atomic mass is 16.1. The molecule has 3 nitrogen and oxygen atoms in total. The molecule has 0 unspecified atom stereocenters. The van der Waals surface area contributed by atoms with E-state index in [2.05, 4.69) is 4.98 Å². The van der Waals surface area contributed by atoms with Gasteiger partial charge in [0.2, 0.25) is 0 Å². The van der Waals surface area contributed by atoms with Gasteiger partial charge in [-0.25, -0.2) is 4.98 Å². The van der Waals surface area contributed by atoms with Crippen LogP contribution in [0.5, 0.6) is 0 Å². The smallest absolute Gasteiger partial charge is 0.266 e. The molecule has 100 valence electrons. The quantitative estimate of drug-likeness (QED) is 0.676. The zero-order valence-electron chi connectivity index (χ0n) is 11.8. The first-order valence-electron chi connectivity index (χ1n) is 6.64. The minimum Gasteiger partial charge on any atom is -0.268 e. The average Bonchev–Trinajstić information content (AvgIpc) is 2.38. The van der Waals surface area contributed by atoms with Crippen molar-refractivity contribution >= 4 is 10.9 Å². The highest BCUT2D eigenvalue weighted by molar-refractivity contribution is 5.81. The monoisotopic (exact) mass is 264 g/mol. The van der Waals surface area contributed by atoms with Crippen LogP contribution in [0.4, 0.5) is 0 Å². The molecule has 3 heteroatoms. The Bertz CT molecular complexity index is 862. The Morgan fingerprint density at radius 2 is 1.75 bits per heavy atom. The standard InChI is InChI=1S/C17H16N2O/c1-11-6-4-8-14(10-11)19-13(3)18-15-9-5-7-12(2)16(15)17(19)20/h4-10H,1-3H3. The van der Waals surface area contributed by atoms with Crippen LogP contribution in [0.15, 0.2) is 47.3 Å². The molecular formula is C17H16N2O. The number of rotatable bonds is 1. The number of nitrogens with zero attached hydrogens (tertiary/aromatic N) is 2. The molecule has 2 aromatic carbocycles. The molecule has 0 saturated heterocycles. The van der Waals surface area contributed by atoms with Gasteiger partial charge in [0, 0.05) is 0 Å². The highest BCUT2D eigenvalue weighted by Crippen LogP contribution is 2.16. The minimum atomic E-state index is -0.00352. The van der Waals surface area contributed by atoms with Crippen molar-refractivity contribution in [3.63, 3.8) is 0 Å². The highest BCUT2D eigenvalue weighted by Gasteiger charge is 2.11. The summed E-state index contributed by atoms with van der Waals surface area (Å²) in [7, 11) is 0. The fourth-order valence-electron chi connectivity index (χ4n) is 2.58. The largest absolute Gasteiger partial charge is 0.268 e. The van der Waals surface area contributed by atoms with Gasteiger partial charge in [-0.2, -0.15) is 0 Å². The molecule has 0 radical (unpaired) electrons. The maximum atomic E-state index is 12.8. The Labute approximate surface area is 117 Å². The predicted molar refractivity (Wildman–Crippen MR) is 81.6 cm³/mol. The lowest BCUT2D eigenvalue weighted by atomic mass is 10.1. The molecule has 1 heterocycles. The van der Waals surface area contributed by atoms with Crippen LogP contribution in [0.1, 0.15) is 17.0 Å². The third kappa shape index (κ3) is 1.92. The van der Waals surface area contributed by atoms with E-state index in [4.69, 9.17) is 0 Å². The first-order chi connectivity index (χ1) is 9.58. The van der Waals surface area contributed by atoms with E-state index in [1.807, 2.05) is 63.2 Å². The lowest BCUT2D eigenvalue weighted by Gasteiger charge is -2.12. The van der Waals surface area contributed by atoms with E-state index in [0.29, 0.717) is 11.2 Å². The van der Waals surface area contributed by atoms with Crippen LogP contribution >= 0.6 is 0 Å². The summed E-state index contributed by atoms with van der Waals surface area (Å²) in [5.41, 5.74) is 3.71. The van der Waals surface area contributed by atoms with Crippen molar-refractivity contribution < 1.29 is 0 Å². The van der Waals surface area contributed by atoms with Crippen molar-refractivity contribution in [3.8, 4) is 5.69 Å². The minimum absolute atomic E-state index is 0.00352. The summed E-state index contributed by atoms with van der Waals surface area (Å²) in [6.07, 6.45) is 0. The lowest BCUT2D eigenvalue weighted by molar-refractivity contribution is 0.892. The Balaban J connectivity index is 2.43. The molecule has 3 aromatic rings. The second kappa shape index (κ2) is 4.60. The molecule has 0 aliphatic heterocycles. The maximum Gasteiger partial charge on any atom is 0.266 e. The molecule has 0 fully saturated rings. The Morgan fingerprint density at radius 3 is 2.50 bits per heavy atom. The summed E-state index contributed by atoms with van der Waals surface area (Å²) in [5, 5.41) is 0.694. The summed E-state index contributed by atoms with van der Waals surface area (Å²) in [5.74, 6) is 0.707. The van der Waals surface area contributed by atoms with Crippen LogP contribution in [-0.2, 0) is 0 Å². The Kier molecular flexibility index (Phi) is 2.90. The lowest BCUT2D eigenvalue weighted by Crippen LogP contribution is -2.23. The fraction of sp³-hybridized carbons (Fsp3) is 0.176. The number of aryl methyl sites for hydroxylation is 3. The molecule has 0 bridgehead atoms. The van der Waals surface area contributed by atoms with Crippen molar-refractivity contribution in [1.29, 1.82) is 0 Å². The van der Waals surface area contributed by atoms with Gasteiger partial charge in [-0.05, 0) is 50.1 Å². The fourth-order valence-corrected chi connectivity index (χ4v) is 2.58. The number of hydrogen-bond acceptors (Lipinski definition) is 2. The van der Waals surface area contributed by atoms with E-state index in [-0.39, 0.29) is 5.56 Å². The summed E-state index contributed by atoms with van der Waals surface area (Å²) in [4.78, 5) is 17.4. The Morgan fingerprint density at radius 1 is 1.00 bits per heavy atom. The van der Waals surface area contributed by atoms with Crippen molar-refractivity contribution in [1.82, 2.24) is 9.55 Å². The molecule has 0 atom stereocenters. The second-order valence-electron chi connectivity index (χ2n) is 5.11. The van der Waals surface area contributed by atoms with E-state index in [1.54, 1.807) is 4.57 Å². The summed E-state index contributed by atoms with van der Waals surface area (Å²) in [6.45, 7) is 5.83. The maximum absolute atomic E-state index is 12.8. The molecule has 20 heavy (non-hydrogen) atoms.